The molecule has 3 heterocycles. The fourth-order valence-corrected chi connectivity index (χ4v) is 3.99. The molecule has 0 spiro atoms. The van der Waals surface area contributed by atoms with Crippen LogP contribution >= 0.6 is 0 Å². The molecule has 0 bridgehead atoms. The number of fused-ring (bicyclic) bond motifs is 3. The Morgan fingerprint density at radius 1 is 1.17 bits per heavy atom. The lowest BCUT2D eigenvalue weighted by molar-refractivity contribution is 0.184. The van der Waals surface area contributed by atoms with Gasteiger partial charge in [-0.3, -0.25) is 13.9 Å². The van der Waals surface area contributed by atoms with E-state index in [0.29, 0.717) is 36.2 Å². The van der Waals surface area contributed by atoms with Crippen LogP contribution in [0.1, 0.15) is 13.8 Å². The van der Waals surface area contributed by atoms with Gasteiger partial charge in [-0.05, 0) is 37.1 Å². The summed E-state index contributed by atoms with van der Waals surface area (Å²) in [6.07, 6.45) is 0. The van der Waals surface area contributed by atoms with Gasteiger partial charge in [0.15, 0.2) is 11.2 Å². The van der Waals surface area contributed by atoms with Gasteiger partial charge in [0, 0.05) is 32.9 Å². The van der Waals surface area contributed by atoms with E-state index in [-0.39, 0.29) is 24.4 Å². The lowest BCUT2D eigenvalue weighted by Gasteiger charge is -2.33. The highest BCUT2D eigenvalue weighted by Gasteiger charge is 2.29. The van der Waals surface area contributed by atoms with Gasteiger partial charge in [0.25, 0.3) is 5.56 Å². The highest BCUT2D eigenvalue weighted by atomic mass is 16.5. The van der Waals surface area contributed by atoms with Crippen LogP contribution in [0.25, 0.3) is 11.2 Å². The second-order valence-electron chi connectivity index (χ2n) is 7.63. The summed E-state index contributed by atoms with van der Waals surface area (Å²) in [5, 5.41) is 0. The number of aromatic nitrogens is 4. The zero-order chi connectivity index (χ0) is 21.4. The van der Waals surface area contributed by atoms with Crippen molar-refractivity contribution in [2.75, 3.05) is 31.8 Å². The number of benzene rings is 1. The Kier molecular flexibility index (Phi) is 5.38. The normalized spacial score (nSPS) is 16.1. The average molecular weight is 413 g/mol. The molecule has 1 aliphatic heterocycles. The lowest BCUT2D eigenvalue weighted by atomic mass is 10.1. The summed E-state index contributed by atoms with van der Waals surface area (Å²) in [6, 6.07) is 7.84. The number of hydrogen-bond acceptors (Lipinski definition) is 6. The van der Waals surface area contributed by atoms with Gasteiger partial charge in [0.1, 0.15) is 5.75 Å². The maximum Gasteiger partial charge on any atom is 0.332 e. The molecule has 9 heteroatoms. The Labute approximate surface area is 174 Å². The van der Waals surface area contributed by atoms with E-state index in [0.717, 1.165) is 18.0 Å². The van der Waals surface area contributed by atoms with Crippen molar-refractivity contribution in [1.82, 2.24) is 18.7 Å². The highest BCUT2D eigenvalue weighted by Crippen LogP contribution is 2.33. The predicted molar refractivity (Wildman–Crippen MR) is 115 cm³/mol. The number of methoxy groups -OCH3 is 1. The molecule has 3 aromatic rings. The summed E-state index contributed by atoms with van der Waals surface area (Å²) < 4.78 is 15.2. The molecule has 0 radical (unpaired) electrons. The summed E-state index contributed by atoms with van der Waals surface area (Å²) in [5.41, 5.74) is 1.10. The molecule has 2 aromatic heterocycles. The SMILES string of the molecule is CCOc1ccc(N2C[C@H](C)Cn3c2nc2c3c(=O)n(CCOC)c(=O)n2C)cc1. The molecule has 0 saturated carbocycles. The van der Waals surface area contributed by atoms with Crippen molar-refractivity contribution < 1.29 is 9.47 Å². The van der Waals surface area contributed by atoms with Crippen LogP contribution in [0.4, 0.5) is 11.6 Å². The third-order valence-electron chi connectivity index (χ3n) is 5.42. The van der Waals surface area contributed by atoms with E-state index in [1.54, 1.807) is 14.2 Å². The van der Waals surface area contributed by atoms with Crippen molar-refractivity contribution in [3.05, 3.63) is 45.1 Å². The number of ether oxygens (including phenoxy) is 2. The molecule has 160 valence electrons. The Hall–Kier alpha value is -3.07. The first-order valence-electron chi connectivity index (χ1n) is 10.2. The van der Waals surface area contributed by atoms with E-state index in [1.807, 2.05) is 35.8 Å². The van der Waals surface area contributed by atoms with Crippen LogP contribution in [0.15, 0.2) is 33.9 Å². The smallest absolute Gasteiger partial charge is 0.332 e. The second-order valence-corrected chi connectivity index (χ2v) is 7.63. The van der Waals surface area contributed by atoms with Crippen LogP contribution < -0.4 is 20.9 Å². The Balaban J connectivity index is 1.88. The van der Waals surface area contributed by atoms with E-state index in [4.69, 9.17) is 14.5 Å². The van der Waals surface area contributed by atoms with E-state index < -0.39 is 0 Å². The van der Waals surface area contributed by atoms with E-state index in [9.17, 15) is 9.59 Å². The zero-order valence-electron chi connectivity index (χ0n) is 17.8. The number of anilines is 2. The minimum absolute atomic E-state index is 0.205. The minimum Gasteiger partial charge on any atom is -0.494 e. The minimum atomic E-state index is -0.388. The van der Waals surface area contributed by atoms with Crippen molar-refractivity contribution in [2.45, 2.75) is 26.9 Å². The number of rotatable bonds is 6. The molecular formula is C21H27N5O4. The van der Waals surface area contributed by atoms with Gasteiger partial charge in [-0.15, -0.1) is 0 Å². The molecule has 0 saturated heterocycles. The molecular weight excluding hydrogens is 386 g/mol. The number of hydrogen-bond donors (Lipinski definition) is 0. The largest absolute Gasteiger partial charge is 0.494 e. The van der Waals surface area contributed by atoms with Crippen molar-refractivity contribution in [2.24, 2.45) is 13.0 Å². The molecule has 0 amide bonds. The fraction of sp³-hybridized carbons (Fsp3) is 0.476. The number of aryl methyl sites for hydroxylation is 1. The van der Waals surface area contributed by atoms with Crippen LogP contribution in [-0.4, -0.2) is 45.6 Å². The van der Waals surface area contributed by atoms with Crippen molar-refractivity contribution in [3.8, 4) is 5.75 Å². The Bertz CT molecular complexity index is 1180. The lowest BCUT2D eigenvalue weighted by Crippen LogP contribution is -2.41. The molecule has 0 N–H and O–H groups in total. The monoisotopic (exact) mass is 413 g/mol. The average Bonchev–Trinajstić information content (AvgIpc) is 3.12. The molecule has 30 heavy (non-hydrogen) atoms. The van der Waals surface area contributed by atoms with Crippen LogP contribution in [0.5, 0.6) is 5.75 Å². The molecule has 1 aliphatic rings. The molecule has 0 aliphatic carbocycles. The van der Waals surface area contributed by atoms with Crippen molar-refractivity contribution in [1.29, 1.82) is 0 Å². The Morgan fingerprint density at radius 3 is 2.57 bits per heavy atom. The first kappa shape index (κ1) is 20.2. The van der Waals surface area contributed by atoms with Gasteiger partial charge in [0.05, 0.1) is 19.8 Å². The number of nitrogens with zero attached hydrogens (tertiary/aromatic N) is 5. The second kappa shape index (κ2) is 7.98. The summed E-state index contributed by atoms with van der Waals surface area (Å²) in [5.74, 6) is 1.78. The fourth-order valence-electron chi connectivity index (χ4n) is 3.99. The molecule has 9 nitrogen and oxygen atoms in total. The molecule has 1 aromatic carbocycles. The predicted octanol–water partition coefficient (Wildman–Crippen LogP) is 1.73. The van der Waals surface area contributed by atoms with Gasteiger partial charge in [-0.1, -0.05) is 6.92 Å². The number of imidazole rings is 1. The van der Waals surface area contributed by atoms with Crippen LogP contribution in [0.3, 0.4) is 0 Å². The summed E-state index contributed by atoms with van der Waals surface area (Å²) in [7, 11) is 3.20. The van der Waals surface area contributed by atoms with Gasteiger partial charge in [-0.25, -0.2) is 4.79 Å². The van der Waals surface area contributed by atoms with Gasteiger partial charge in [-0.2, -0.15) is 4.98 Å². The van der Waals surface area contributed by atoms with E-state index in [2.05, 4.69) is 11.8 Å². The summed E-state index contributed by atoms with van der Waals surface area (Å²) in [6.45, 7) is 6.63. The topological polar surface area (TPSA) is 83.5 Å². The van der Waals surface area contributed by atoms with Gasteiger partial charge >= 0.3 is 5.69 Å². The van der Waals surface area contributed by atoms with E-state index >= 15 is 0 Å². The summed E-state index contributed by atoms with van der Waals surface area (Å²) >= 11 is 0. The summed E-state index contributed by atoms with van der Waals surface area (Å²) in [4.78, 5) is 32.7. The molecule has 4 rings (SSSR count). The van der Waals surface area contributed by atoms with E-state index in [1.165, 1.54) is 9.13 Å². The molecule has 0 unspecified atom stereocenters. The van der Waals surface area contributed by atoms with Crippen LogP contribution in [0, 0.1) is 5.92 Å². The first-order chi connectivity index (χ1) is 14.5. The van der Waals surface area contributed by atoms with Crippen molar-refractivity contribution >= 4 is 22.8 Å². The third-order valence-corrected chi connectivity index (χ3v) is 5.42. The first-order valence-corrected chi connectivity index (χ1v) is 10.2. The standard InChI is InChI=1S/C21H27N5O4/c1-5-30-16-8-6-15(7-9-16)25-12-14(2)13-26-17-18(22-20(25)26)23(3)21(28)24(19(17)27)10-11-29-4/h6-9,14H,5,10-13H2,1-4H3/t14-/m0/s1. The van der Waals surface area contributed by atoms with Gasteiger partial charge < -0.3 is 18.9 Å². The Morgan fingerprint density at radius 2 is 1.90 bits per heavy atom. The molecule has 1 atom stereocenters. The maximum atomic E-state index is 13.2. The van der Waals surface area contributed by atoms with Gasteiger partial charge in [0.2, 0.25) is 5.95 Å². The third kappa shape index (κ3) is 3.28. The van der Waals surface area contributed by atoms with Crippen LogP contribution in [-0.2, 0) is 24.9 Å². The van der Waals surface area contributed by atoms with Crippen molar-refractivity contribution in [3.63, 3.8) is 0 Å². The quantitative estimate of drug-likeness (QED) is 0.612. The molecule has 0 fully saturated rings. The van der Waals surface area contributed by atoms with Crippen LogP contribution in [0.2, 0.25) is 0 Å². The zero-order valence-corrected chi connectivity index (χ0v) is 17.8. The highest BCUT2D eigenvalue weighted by molar-refractivity contribution is 5.77. The maximum absolute atomic E-state index is 13.2.